The maximum atomic E-state index is 9.32. The van der Waals surface area contributed by atoms with E-state index in [1.807, 2.05) is 0 Å². The molecule has 0 fully saturated rings. The van der Waals surface area contributed by atoms with Crippen molar-refractivity contribution in [3.63, 3.8) is 0 Å². The Kier molecular flexibility index (Phi) is 6.39. The zero-order chi connectivity index (χ0) is 5.21. The molecule has 0 aromatic heterocycles. The number of hydrogen-bond acceptors (Lipinski definition) is 3. The van der Waals surface area contributed by atoms with Crippen molar-refractivity contribution < 1.29 is 37.1 Å². The Morgan fingerprint density at radius 2 is 1.71 bits per heavy atom. The maximum Gasteiger partial charge on any atom is 0.187 e. The molecule has 0 rings (SSSR count). The van der Waals surface area contributed by atoms with Crippen LogP contribution in [0, 0.1) is 0 Å². The minimum absolute atomic E-state index is 0. The smallest absolute Gasteiger partial charge is 0.187 e. The molecule has 4 nitrogen and oxygen atoms in total. The SMILES string of the molecule is O=S(=O)(O)[O][Au].[AlH3]. The van der Waals surface area contributed by atoms with Crippen LogP contribution in [0.4, 0.5) is 0 Å². The summed E-state index contributed by atoms with van der Waals surface area (Å²) in [5.74, 6) is 0. The summed E-state index contributed by atoms with van der Waals surface area (Å²) in [6.45, 7) is 0. The Balaban J connectivity index is 0. The minimum Gasteiger partial charge on any atom is 0.187 e. The van der Waals surface area contributed by atoms with Crippen molar-refractivity contribution in [2.45, 2.75) is 0 Å². The van der Waals surface area contributed by atoms with Gasteiger partial charge in [-0.3, -0.25) is 0 Å². The Labute approximate surface area is 64.7 Å². The second-order valence-electron chi connectivity index (χ2n) is 0.478. The van der Waals surface area contributed by atoms with Gasteiger partial charge in [-0.15, -0.1) is 0 Å². The van der Waals surface area contributed by atoms with E-state index in [4.69, 9.17) is 4.55 Å². The summed E-state index contributed by atoms with van der Waals surface area (Å²) in [5, 5.41) is 0. The maximum absolute atomic E-state index is 9.32. The summed E-state index contributed by atoms with van der Waals surface area (Å²) in [6, 6.07) is 0. The van der Waals surface area contributed by atoms with Gasteiger partial charge in [-0.25, -0.2) is 0 Å². The van der Waals surface area contributed by atoms with E-state index < -0.39 is 10.4 Å². The predicted octanol–water partition coefficient (Wildman–Crippen LogP) is -1.92. The Morgan fingerprint density at radius 3 is 1.71 bits per heavy atom. The average molecular weight is 324 g/mol. The van der Waals surface area contributed by atoms with Crippen LogP contribution in [0.3, 0.4) is 0 Å². The van der Waals surface area contributed by atoms with Crippen molar-refractivity contribution in [3.05, 3.63) is 0 Å². The van der Waals surface area contributed by atoms with Gasteiger partial charge in [-0.2, -0.15) is 0 Å². The first kappa shape index (κ1) is 11.0. The molecule has 0 atom stereocenters. The molecule has 7 heteroatoms. The third-order valence-electron chi connectivity index (χ3n) is 0.0635. The summed E-state index contributed by atoms with van der Waals surface area (Å²) >= 11 is 1.21. The van der Waals surface area contributed by atoms with E-state index in [-0.39, 0.29) is 17.4 Å². The van der Waals surface area contributed by atoms with Crippen LogP contribution in [-0.4, -0.2) is 30.3 Å². The fourth-order valence-electron chi connectivity index (χ4n) is 0. The first-order chi connectivity index (χ1) is 2.56. The van der Waals surface area contributed by atoms with Gasteiger partial charge in [0.2, 0.25) is 0 Å². The molecule has 0 spiro atoms. The molecular weight excluding hydrogens is 320 g/mol. The molecule has 0 aromatic rings. The van der Waals surface area contributed by atoms with Gasteiger partial charge in [0, 0.05) is 0 Å². The fraction of sp³-hybridized carbons (Fsp3) is 0. The standard InChI is InChI=1S/Al.Au.H2O4S.3H/c;;1-5(2,3)4;;;/h;;(H2,1,2,3,4);;;/q;+1;;;;/p-1. The van der Waals surface area contributed by atoms with Gasteiger partial charge in [-0.1, -0.05) is 0 Å². The molecule has 7 heavy (non-hydrogen) atoms. The molecule has 0 saturated heterocycles. The monoisotopic (exact) mass is 324 g/mol. The summed E-state index contributed by atoms with van der Waals surface area (Å²) in [4.78, 5) is 0. The van der Waals surface area contributed by atoms with Gasteiger partial charge in [0.05, 0.1) is 0 Å². The van der Waals surface area contributed by atoms with Crippen LogP contribution in [-0.2, 0) is 34.6 Å². The predicted molar refractivity (Wildman–Crippen MR) is 22.6 cm³/mol. The van der Waals surface area contributed by atoms with Crippen LogP contribution in [0.1, 0.15) is 0 Å². The Hall–Kier alpha value is 1.14. The topological polar surface area (TPSA) is 63.6 Å². The molecule has 0 aliphatic heterocycles. The second kappa shape index (κ2) is 4.06. The van der Waals surface area contributed by atoms with Gasteiger partial charge in [0.1, 0.15) is 0 Å². The number of hydrogen-bond donors (Lipinski definition) is 1. The molecular formula is H4AlAuO4S. The molecule has 0 unspecified atom stereocenters. The van der Waals surface area contributed by atoms with E-state index in [2.05, 4.69) is 2.69 Å². The van der Waals surface area contributed by atoms with Gasteiger partial charge in [0.15, 0.2) is 17.4 Å². The Bertz CT molecular complexity index is 114. The molecule has 1 N–H and O–H groups in total. The summed E-state index contributed by atoms with van der Waals surface area (Å²) in [7, 11) is -4.19. The zero-order valence-corrected chi connectivity index (χ0v) is 5.36. The van der Waals surface area contributed by atoms with Crippen LogP contribution < -0.4 is 0 Å². The summed E-state index contributed by atoms with van der Waals surface area (Å²) in [6.07, 6.45) is 0. The molecule has 0 amide bonds. The van der Waals surface area contributed by atoms with Gasteiger partial charge < -0.3 is 0 Å². The zero-order valence-electron chi connectivity index (χ0n) is 2.38. The van der Waals surface area contributed by atoms with Crippen LogP contribution >= 0.6 is 0 Å². The quantitative estimate of drug-likeness (QED) is 0.451. The van der Waals surface area contributed by atoms with Crippen molar-refractivity contribution >= 4 is 27.8 Å². The van der Waals surface area contributed by atoms with E-state index in [0.29, 0.717) is 0 Å². The molecule has 0 bridgehead atoms. The molecule has 0 aliphatic rings. The van der Waals surface area contributed by atoms with Crippen molar-refractivity contribution in [1.82, 2.24) is 0 Å². The molecule has 0 aromatic carbocycles. The van der Waals surface area contributed by atoms with E-state index in [0.717, 1.165) is 0 Å². The third kappa shape index (κ3) is 11.0. The van der Waals surface area contributed by atoms with Crippen LogP contribution in [0.25, 0.3) is 0 Å². The minimum atomic E-state index is -4.19. The average Bonchev–Trinajstić information content (AvgIpc) is 1.35. The van der Waals surface area contributed by atoms with Crippen molar-refractivity contribution in [1.29, 1.82) is 0 Å². The van der Waals surface area contributed by atoms with Gasteiger partial charge in [0.25, 0.3) is 0 Å². The van der Waals surface area contributed by atoms with Crippen LogP contribution in [0.2, 0.25) is 0 Å². The van der Waals surface area contributed by atoms with Crippen LogP contribution in [0.15, 0.2) is 0 Å². The van der Waals surface area contributed by atoms with E-state index in [9.17, 15) is 8.42 Å². The molecule has 0 aliphatic carbocycles. The third-order valence-corrected chi connectivity index (χ3v) is 1.56. The normalized spacial score (nSPS) is 10.1. The van der Waals surface area contributed by atoms with E-state index in [1.54, 1.807) is 0 Å². The van der Waals surface area contributed by atoms with Crippen molar-refractivity contribution in [3.8, 4) is 0 Å². The summed E-state index contributed by atoms with van der Waals surface area (Å²) in [5.41, 5.74) is 0. The largest absolute Gasteiger partial charge is 0.187 e. The van der Waals surface area contributed by atoms with Crippen LogP contribution in [0.5, 0.6) is 0 Å². The summed E-state index contributed by atoms with van der Waals surface area (Å²) < 4.78 is 29.6. The molecule has 0 radical (unpaired) electrons. The Morgan fingerprint density at radius 1 is 1.57 bits per heavy atom. The molecule has 0 saturated carbocycles. The first-order valence-electron chi connectivity index (χ1n) is 0.806. The molecule has 0 heterocycles. The van der Waals surface area contributed by atoms with E-state index >= 15 is 0 Å². The van der Waals surface area contributed by atoms with Crippen molar-refractivity contribution in [2.75, 3.05) is 0 Å². The first-order valence-corrected chi connectivity index (χ1v) is 3.06. The second-order valence-corrected chi connectivity index (χ2v) is 2.52. The fourth-order valence-corrected chi connectivity index (χ4v) is 0. The van der Waals surface area contributed by atoms with Crippen molar-refractivity contribution in [2.24, 2.45) is 0 Å². The van der Waals surface area contributed by atoms with Gasteiger partial charge in [-0.05, 0) is 0 Å². The molecule has 48 valence electrons. The van der Waals surface area contributed by atoms with Gasteiger partial charge >= 0.3 is 47.5 Å². The number of rotatable bonds is 1. The van der Waals surface area contributed by atoms with E-state index in [1.165, 1.54) is 21.5 Å².